The summed E-state index contributed by atoms with van der Waals surface area (Å²) in [6, 6.07) is 0. The third kappa shape index (κ3) is 22.9. The molecule has 0 fully saturated rings. The molecule has 0 radical (unpaired) electrons. The molecule has 0 saturated carbocycles. The van der Waals surface area contributed by atoms with Crippen molar-refractivity contribution < 1.29 is 9.90 Å². The first-order chi connectivity index (χ1) is 20.6. The molecule has 252 valence electrons. The molecule has 2 unspecified atom stereocenters. The number of carboxylic acids is 1. The van der Waals surface area contributed by atoms with E-state index in [2.05, 4.69) is 27.7 Å². The van der Waals surface area contributed by atoms with Gasteiger partial charge in [0.25, 0.3) is 0 Å². The Morgan fingerprint density at radius 3 is 1.05 bits per heavy atom. The Balaban J connectivity index is 4.23. The van der Waals surface area contributed by atoms with Crippen LogP contribution in [0.25, 0.3) is 0 Å². The zero-order valence-corrected chi connectivity index (χ0v) is 29.8. The molecule has 0 aromatic rings. The summed E-state index contributed by atoms with van der Waals surface area (Å²) in [6.45, 7) is 9.02. The fraction of sp³-hybridized carbons (Fsp3) is 0.975. The molecule has 0 aromatic carbocycles. The van der Waals surface area contributed by atoms with Crippen LogP contribution in [0.4, 0.5) is 0 Å². The Morgan fingerprint density at radius 2 is 0.738 bits per heavy atom. The standard InChI is InChI=1S/C40H80O2/c1-5-9-11-13-15-17-19-21-23-25-27-29-31-33-37-40(36-8-4,39(41)42)38(34-7-3)35-32-30-28-26-24-22-20-18-16-14-12-10-6-2/h38H,5-37H2,1-4H3,(H,41,42). The van der Waals surface area contributed by atoms with E-state index in [0.29, 0.717) is 5.92 Å². The van der Waals surface area contributed by atoms with Crippen LogP contribution in [0.2, 0.25) is 0 Å². The molecule has 1 N–H and O–H groups in total. The van der Waals surface area contributed by atoms with Gasteiger partial charge in [-0.25, -0.2) is 0 Å². The maximum atomic E-state index is 12.8. The highest BCUT2D eigenvalue weighted by molar-refractivity contribution is 5.75. The number of unbranched alkanes of at least 4 members (excludes halogenated alkanes) is 25. The monoisotopic (exact) mass is 593 g/mol. The molecule has 2 heteroatoms. The lowest BCUT2D eigenvalue weighted by molar-refractivity contribution is -0.155. The molecular formula is C40H80O2. The van der Waals surface area contributed by atoms with Gasteiger partial charge in [-0.2, -0.15) is 0 Å². The highest BCUT2D eigenvalue weighted by Gasteiger charge is 2.43. The SMILES string of the molecule is CCCCCCCCCCCCCCCCC(CCC)(C(=O)O)C(CCC)CCCCCCCCCCCCCCC. The van der Waals surface area contributed by atoms with Crippen LogP contribution in [-0.2, 0) is 4.79 Å². The summed E-state index contributed by atoms with van der Waals surface area (Å²) in [6.07, 6.45) is 43.0. The number of hydrogen-bond donors (Lipinski definition) is 1. The minimum Gasteiger partial charge on any atom is -0.481 e. The van der Waals surface area contributed by atoms with Gasteiger partial charge in [-0.1, -0.05) is 214 Å². The summed E-state index contributed by atoms with van der Waals surface area (Å²) >= 11 is 0. The van der Waals surface area contributed by atoms with Crippen LogP contribution in [0.1, 0.15) is 240 Å². The Bertz CT molecular complexity index is 544. The van der Waals surface area contributed by atoms with Gasteiger partial charge in [0.2, 0.25) is 0 Å². The van der Waals surface area contributed by atoms with Crippen LogP contribution in [0, 0.1) is 11.3 Å². The first-order valence-corrected chi connectivity index (χ1v) is 19.8. The number of rotatable bonds is 35. The molecule has 42 heavy (non-hydrogen) atoms. The summed E-state index contributed by atoms with van der Waals surface area (Å²) in [5, 5.41) is 10.6. The van der Waals surface area contributed by atoms with Crippen molar-refractivity contribution in [1.82, 2.24) is 0 Å². The van der Waals surface area contributed by atoms with Crippen molar-refractivity contribution >= 4 is 5.97 Å². The van der Waals surface area contributed by atoms with E-state index in [0.717, 1.165) is 44.9 Å². The summed E-state index contributed by atoms with van der Waals surface area (Å²) in [5.74, 6) is -0.137. The van der Waals surface area contributed by atoms with Crippen LogP contribution in [0.3, 0.4) is 0 Å². The van der Waals surface area contributed by atoms with Gasteiger partial charge >= 0.3 is 5.97 Å². The molecule has 0 amide bonds. The minimum atomic E-state index is -0.493. The zero-order chi connectivity index (χ0) is 31.0. The van der Waals surface area contributed by atoms with Gasteiger partial charge in [0.1, 0.15) is 0 Å². The highest BCUT2D eigenvalue weighted by atomic mass is 16.4. The average Bonchev–Trinajstić information content (AvgIpc) is 2.98. The van der Waals surface area contributed by atoms with Crippen LogP contribution < -0.4 is 0 Å². The van der Waals surface area contributed by atoms with Crippen LogP contribution in [0.15, 0.2) is 0 Å². The van der Waals surface area contributed by atoms with Gasteiger partial charge in [-0.3, -0.25) is 4.79 Å². The number of carbonyl (C=O) groups is 1. The third-order valence-corrected chi connectivity index (χ3v) is 10.2. The maximum Gasteiger partial charge on any atom is 0.309 e. The second kappa shape index (κ2) is 31.9. The largest absolute Gasteiger partial charge is 0.481 e. The number of hydrogen-bond acceptors (Lipinski definition) is 1. The van der Waals surface area contributed by atoms with Crippen molar-refractivity contribution in [3.63, 3.8) is 0 Å². The topological polar surface area (TPSA) is 37.3 Å². The molecule has 0 aliphatic heterocycles. The molecule has 0 rings (SSSR count). The molecule has 2 nitrogen and oxygen atoms in total. The van der Waals surface area contributed by atoms with Gasteiger partial charge in [0.15, 0.2) is 0 Å². The second-order valence-electron chi connectivity index (χ2n) is 14.1. The van der Waals surface area contributed by atoms with Crippen molar-refractivity contribution in [2.45, 2.75) is 240 Å². The van der Waals surface area contributed by atoms with E-state index in [-0.39, 0.29) is 0 Å². The summed E-state index contributed by atoms with van der Waals surface area (Å²) in [4.78, 5) is 12.8. The molecule has 0 aliphatic carbocycles. The first kappa shape index (κ1) is 41.5. The predicted molar refractivity (Wildman–Crippen MR) is 189 cm³/mol. The lowest BCUT2D eigenvalue weighted by Crippen LogP contribution is -2.39. The van der Waals surface area contributed by atoms with E-state index in [1.165, 1.54) is 167 Å². The highest BCUT2D eigenvalue weighted by Crippen LogP contribution is 2.44. The van der Waals surface area contributed by atoms with E-state index >= 15 is 0 Å². The van der Waals surface area contributed by atoms with Crippen molar-refractivity contribution in [1.29, 1.82) is 0 Å². The molecule has 0 heterocycles. The summed E-state index contributed by atoms with van der Waals surface area (Å²) in [5.41, 5.74) is -0.487. The van der Waals surface area contributed by atoms with E-state index in [1.807, 2.05) is 0 Å². The summed E-state index contributed by atoms with van der Waals surface area (Å²) in [7, 11) is 0. The van der Waals surface area contributed by atoms with E-state index < -0.39 is 11.4 Å². The van der Waals surface area contributed by atoms with Gasteiger partial charge < -0.3 is 5.11 Å². The van der Waals surface area contributed by atoms with E-state index in [4.69, 9.17) is 0 Å². The second-order valence-corrected chi connectivity index (χ2v) is 14.1. The van der Waals surface area contributed by atoms with Gasteiger partial charge in [0.05, 0.1) is 5.41 Å². The Hall–Kier alpha value is -0.530. The van der Waals surface area contributed by atoms with E-state index in [9.17, 15) is 9.90 Å². The van der Waals surface area contributed by atoms with E-state index in [1.54, 1.807) is 0 Å². The lowest BCUT2D eigenvalue weighted by atomic mass is 9.65. The molecule has 0 bridgehead atoms. The van der Waals surface area contributed by atoms with Gasteiger partial charge in [-0.05, 0) is 31.6 Å². The van der Waals surface area contributed by atoms with Gasteiger partial charge in [0, 0.05) is 0 Å². The maximum absolute atomic E-state index is 12.8. The fourth-order valence-corrected chi connectivity index (χ4v) is 7.46. The molecule has 2 atom stereocenters. The Morgan fingerprint density at radius 1 is 0.405 bits per heavy atom. The zero-order valence-electron chi connectivity index (χ0n) is 29.8. The average molecular weight is 593 g/mol. The predicted octanol–water partition coefficient (Wildman–Crippen LogP) is 14.6. The quantitative estimate of drug-likeness (QED) is 0.0743. The minimum absolute atomic E-state index is 0.356. The van der Waals surface area contributed by atoms with Crippen molar-refractivity contribution in [3.05, 3.63) is 0 Å². The van der Waals surface area contributed by atoms with Crippen molar-refractivity contribution in [2.24, 2.45) is 11.3 Å². The van der Waals surface area contributed by atoms with Crippen LogP contribution in [-0.4, -0.2) is 11.1 Å². The Kier molecular flexibility index (Phi) is 31.5. The molecule has 0 saturated heterocycles. The molecule has 0 aliphatic rings. The van der Waals surface area contributed by atoms with Crippen molar-refractivity contribution in [2.75, 3.05) is 0 Å². The normalized spacial score (nSPS) is 13.8. The lowest BCUT2D eigenvalue weighted by Gasteiger charge is -2.38. The number of aliphatic carboxylic acids is 1. The summed E-state index contributed by atoms with van der Waals surface area (Å²) < 4.78 is 0. The molecular weight excluding hydrogens is 512 g/mol. The molecule has 0 aromatic heterocycles. The fourth-order valence-electron chi connectivity index (χ4n) is 7.46. The van der Waals surface area contributed by atoms with Gasteiger partial charge in [-0.15, -0.1) is 0 Å². The molecule has 0 spiro atoms. The first-order valence-electron chi connectivity index (χ1n) is 19.8. The third-order valence-electron chi connectivity index (χ3n) is 10.2. The Labute approximate surface area is 266 Å². The number of carboxylic acid groups (broad SMARTS) is 1. The van der Waals surface area contributed by atoms with Crippen LogP contribution in [0.5, 0.6) is 0 Å². The van der Waals surface area contributed by atoms with Crippen LogP contribution >= 0.6 is 0 Å². The van der Waals surface area contributed by atoms with Crippen molar-refractivity contribution in [3.8, 4) is 0 Å². The smallest absolute Gasteiger partial charge is 0.309 e.